The number of nitrogens with zero attached hydrogens (tertiary/aromatic N) is 1. The Kier molecular flexibility index (Phi) is 2.52. The number of carbonyl (C=O) groups is 1. The molecule has 0 spiro atoms. The zero-order valence-corrected chi connectivity index (χ0v) is 8.91. The van der Waals surface area contributed by atoms with Gasteiger partial charge in [-0.3, -0.25) is 0 Å². The van der Waals surface area contributed by atoms with Crippen molar-refractivity contribution in [3.05, 3.63) is 22.5 Å². The van der Waals surface area contributed by atoms with Crippen molar-refractivity contribution in [2.24, 2.45) is 0 Å². The normalized spacial score (nSPS) is 15.1. The molecule has 0 aromatic carbocycles. The minimum Gasteiger partial charge on any atom is -0.494 e. The summed E-state index contributed by atoms with van der Waals surface area (Å²) in [7, 11) is 1.42. The topological polar surface area (TPSA) is 59.4 Å². The minimum absolute atomic E-state index is 0.132. The van der Waals surface area contributed by atoms with E-state index in [4.69, 9.17) is 21.4 Å². The molecule has 1 heterocycles. The van der Waals surface area contributed by atoms with Crippen LogP contribution in [0, 0.1) is 0 Å². The molecular weight excluding hydrogens is 218 g/mol. The van der Waals surface area contributed by atoms with Gasteiger partial charge in [0.25, 0.3) is 0 Å². The highest BCUT2D eigenvalue weighted by Crippen LogP contribution is 2.44. The molecule has 1 fully saturated rings. The fourth-order valence-electron chi connectivity index (χ4n) is 1.48. The summed E-state index contributed by atoms with van der Waals surface area (Å²) >= 11 is 5.91. The van der Waals surface area contributed by atoms with Gasteiger partial charge in [0.05, 0.1) is 7.11 Å². The van der Waals surface area contributed by atoms with Crippen LogP contribution in [-0.2, 0) is 0 Å². The van der Waals surface area contributed by atoms with E-state index in [2.05, 4.69) is 4.98 Å². The Balaban J connectivity index is 2.49. The van der Waals surface area contributed by atoms with Gasteiger partial charge in [0.15, 0.2) is 11.4 Å². The molecule has 0 unspecified atom stereocenters. The highest BCUT2D eigenvalue weighted by atomic mass is 35.5. The second kappa shape index (κ2) is 3.70. The lowest BCUT2D eigenvalue weighted by molar-refractivity contribution is 0.0686. The summed E-state index contributed by atoms with van der Waals surface area (Å²) in [6.07, 6.45) is 2.16. The van der Waals surface area contributed by atoms with Crippen LogP contribution in [-0.4, -0.2) is 23.2 Å². The predicted molar refractivity (Wildman–Crippen MR) is 54.7 cm³/mol. The van der Waals surface area contributed by atoms with Gasteiger partial charge in [0.2, 0.25) is 0 Å². The zero-order valence-electron chi connectivity index (χ0n) is 8.16. The van der Waals surface area contributed by atoms with E-state index in [0.717, 1.165) is 18.4 Å². The number of halogens is 1. The maximum Gasteiger partial charge on any atom is 0.358 e. The highest BCUT2D eigenvalue weighted by Gasteiger charge is 2.28. The largest absolute Gasteiger partial charge is 0.494 e. The Hall–Kier alpha value is -1.29. The van der Waals surface area contributed by atoms with E-state index in [9.17, 15) is 4.79 Å². The molecule has 1 aromatic heterocycles. The zero-order chi connectivity index (χ0) is 11.0. The number of pyridine rings is 1. The van der Waals surface area contributed by atoms with Crippen LogP contribution in [0.5, 0.6) is 5.75 Å². The monoisotopic (exact) mass is 227 g/mol. The van der Waals surface area contributed by atoms with Gasteiger partial charge in [0.1, 0.15) is 5.15 Å². The van der Waals surface area contributed by atoms with Crippen LogP contribution < -0.4 is 4.74 Å². The first-order valence-electron chi connectivity index (χ1n) is 4.61. The standard InChI is InChI=1S/C10H10ClNO3/c1-15-7-4-6(5-2-3-5)9(11)12-8(7)10(13)14/h4-5H,2-3H2,1H3,(H,13,14). The van der Waals surface area contributed by atoms with E-state index >= 15 is 0 Å². The third-order valence-electron chi connectivity index (χ3n) is 2.41. The smallest absolute Gasteiger partial charge is 0.358 e. The third kappa shape index (κ3) is 1.90. The molecule has 0 amide bonds. The van der Waals surface area contributed by atoms with Gasteiger partial charge >= 0.3 is 5.97 Å². The van der Waals surface area contributed by atoms with Gasteiger partial charge in [0, 0.05) is 0 Å². The molecule has 1 N–H and O–H groups in total. The average molecular weight is 228 g/mol. The van der Waals surface area contributed by atoms with E-state index in [1.807, 2.05) is 0 Å². The Morgan fingerprint density at radius 3 is 2.80 bits per heavy atom. The van der Waals surface area contributed by atoms with Crippen molar-refractivity contribution in [2.75, 3.05) is 7.11 Å². The second-order valence-electron chi connectivity index (χ2n) is 3.50. The molecule has 0 aliphatic heterocycles. The molecule has 0 saturated heterocycles. The maximum atomic E-state index is 10.8. The number of hydrogen-bond acceptors (Lipinski definition) is 3. The van der Waals surface area contributed by atoms with E-state index in [0.29, 0.717) is 5.92 Å². The number of aromatic nitrogens is 1. The first-order chi connectivity index (χ1) is 7.13. The average Bonchev–Trinajstić information content (AvgIpc) is 3.00. The number of ether oxygens (including phenoxy) is 1. The van der Waals surface area contributed by atoms with Gasteiger partial charge in [-0.25, -0.2) is 9.78 Å². The summed E-state index contributed by atoms with van der Waals surface area (Å²) in [6, 6.07) is 1.68. The second-order valence-corrected chi connectivity index (χ2v) is 3.86. The van der Waals surface area contributed by atoms with Gasteiger partial charge < -0.3 is 9.84 Å². The van der Waals surface area contributed by atoms with Crippen molar-refractivity contribution in [3.63, 3.8) is 0 Å². The summed E-state index contributed by atoms with van der Waals surface area (Å²) in [5.41, 5.74) is 0.755. The molecule has 1 saturated carbocycles. The van der Waals surface area contributed by atoms with Crippen molar-refractivity contribution in [2.45, 2.75) is 18.8 Å². The molecule has 80 valence electrons. The van der Waals surface area contributed by atoms with Crippen molar-refractivity contribution in [1.29, 1.82) is 0 Å². The summed E-state index contributed by atoms with van der Waals surface area (Å²) < 4.78 is 4.98. The molecule has 2 rings (SSSR count). The van der Waals surface area contributed by atoms with Crippen LogP contribution in [0.25, 0.3) is 0 Å². The fraction of sp³-hybridized carbons (Fsp3) is 0.400. The molecule has 4 nitrogen and oxygen atoms in total. The first kappa shape index (κ1) is 10.2. The molecule has 0 radical (unpaired) electrons. The van der Waals surface area contributed by atoms with Crippen molar-refractivity contribution in [1.82, 2.24) is 4.98 Å². The molecule has 5 heteroatoms. The number of carboxylic acids is 1. The molecule has 0 atom stereocenters. The summed E-state index contributed by atoms with van der Waals surface area (Å²) in [5.74, 6) is -0.438. The Morgan fingerprint density at radius 2 is 2.33 bits per heavy atom. The van der Waals surface area contributed by atoms with Crippen molar-refractivity contribution >= 4 is 17.6 Å². The lowest BCUT2D eigenvalue weighted by Crippen LogP contribution is -2.05. The van der Waals surface area contributed by atoms with Crippen LogP contribution in [0.3, 0.4) is 0 Å². The van der Waals surface area contributed by atoms with Crippen LogP contribution in [0.1, 0.15) is 34.8 Å². The minimum atomic E-state index is -1.13. The van der Waals surface area contributed by atoms with Gasteiger partial charge in [-0.1, -0.05) is 11.6 Å². The number of aromatic carboxylic acids is 1. The third-order valence-corrected chi connectivity index (χ3v) is 2.71. The number of hydrogen-bond donors (Lipinski definition) is 1. The van der Waals surface area contributed by atoms with Crippen LogP contribution >= 0.6 is 11.6 Å². The molecule has 1 aliphatic carbocycles. The van der Waals surface area contributed by atoms with E-state index in [-0.39, 0.29) is 16.6 Å². The predicted octanol–water partition coefficient (Wildman–Crippen LogP) is 2.32. The van der Waals surface area contributed by atoms with E-state index in [1.165, 1.54) is 7.11 Å². The summed E-state index contributed by atoms with van der Waals surface area (Å²) in [4.78, 5) is 14.7. The van der Waals surface area contributed by atoms with E-state index in [1.54, 1.807) is 6.07 Å². The number of rotatable bonds is 3. The lowest BCUT2D eigenvalue weighted by Gasteiger charge is -2.08. The Labute approximate surface area is 91.8 Å². The van der Waals surface area contributed by atoms with Gasteiger partial charge in [-0.2, -0.15) is 0 Å². The Bertz CT molecular complexity index is 415. The quantitative estimate of drug-likeness (QED) is 0.805. The van der Waals surface area contributed by atoms with Crippen LogP contribution in [0.4, 0.5) is 0 Å². The molecule has 15 heavy (non-hydrogen) atoms. The van der Waals surface area contributed by atoms with Crippen LogP contribution in [0.2, 0.25) is 5.15 Å². The highest BCUT2D eigenvalue weighted by molar-refractivity contribution is 6.30. The van der Waals surface area contributed by atoms with Crippen molar-refractivity contribution < 1.29 is 14.6 Å². The van der Waals surface area contributed by atoms with Gasteiger partial charge in [-0.15, -0.1) is 0 Å². The Morgan fingerprint density at radius 1 is 1.67 bits per heavy atom. The van der Waals surface area contributed by atoms with Gasteiger partial charge in [-0.05, 0) is 30.4 Å². The number of methoxy groups -OCH3 is 1. The number of carboxylic acid groups (broad SMARTS) is 1. The molecule has 1 aromatic rings. The van der Waals surface area contributed by atoms with E-state index < -0.39 is 5.97 Å². The van der Waals surface area contributed by atoms with Crippen LogP contribution in [0.15, 0.2) is 6.07 Å². The first-order valence-corrected chi connectivity index (χ1v) is 4.99. The molecule has 1 aliphatic rings. The maximum absolute atomic E-state index is 10.8. The lowest BCUT2D eigenvalue weighted by atomic mass is 10.1. The molecule has 0 bridgehead atoms. The summed E-state index contributed by atoms with van der Waals surface area (Å²) in [6.45, 7) is 0. The summed E-state index contributed by atoms with van der Waals surface area (Å²) in [5, 5.41) is 9.14. The fourth-order valence-corrected chi connectivity index (χ4v) is 1.77. The molecular formula is C10H10ClNO3. The SMILES string of the molecule is COc1cc(C2CC2)c(Cl)nc1C(=O)O. The van der Waals surface area contributed by atoms with Crippen molar-refractivity contribution in [3.8, 4) is 5.75 Å².